The van der Waals surface area contributed by atoms with E-state index in [1.165, 1.54) is 36.1 Å². The first kappa shape index (κ1) is 14.8. The molecule has 0 aliphatic carbocycles. The summed E-state index contributed by atoms with van der Waals surface area (Å²) >= 11 is 0. The van der Waals surface area contributed by atoms with Gasteiger partial charge in [-0.3, -0.25) is 0 Å². The van der Waals surface area contributed by atoms with Crippen LogP contribution >= 0.6 is 0 Å². The first-order chi connectivity index (χ1) is 7.74. The van der Waals surface area contributed by atoms with Crippen LogP contribution in [0.3, 0.4) is 0 Å². The van der Waals surface area contributed by atoms with Gasteiger partial charge in [0, 0.05) is 18.5 Å². The topological polar surface area (TPSA) is 12.0 Å². The maximum absolute atomic E-state index is 3.56. The number of nitrogens with zero attached hydrogens (tertiary/aromatic N) is 1. The molecule has 2 nitrogen and oxygen atoms in total. The van der Waals surface area contributed by atoms with Crippen LogP contribution in [0.4, 0.5) is 5.69 Å². The van der Waals surface area contributed by atoms with Crippen molar-refractivity contribution < 1.29 is 28.5 Å². The average Bonchev–Trinajstić information content (AvgIpc) is 2.70. The zero-order chi connectivity index (χ0) is 11.4. The number of benzene rings is 1. The number of nitrogens with one attached hydrogen (secondary N) is 1. The Bertz CT molecular complexity index is 328. The fourth-order valence-corrected chi connectivity index (χ4v) is 2.71. The van der Waals surface area contributed by atoms with Gasteiger partial charge in [0.1, 0.15) is 6.04 Å². The molecule has 2 rings (SSSR count). The zero-order valence-electron chi connectivity index (χ0n) is 10.8. The maximum atomic E-state index is 3.56. The number of hydrogen-bond acceptors (Lipinski definition) is 1. The van der Waals surface area contributed by atoms with E-state index in [9.17, 15) is 0 Å². The lowest BCUT2D eigenvalue weighted by Gasteiger charge is -2.35. The number of halogens is 1. The van der Waals surface area contributed by atoms with Crippen LogP contribution in [0, 0.1) is 0 Å². The van der Waals surface area contributed by atoms with E-state index in [0.717, 1.165) is 12.6 Å². The molecule has 2 atom stereocenters. The minimum absolute atomic E-state index is 0. The van der Waals surface area contributed by atoms with E-state index < -0.39 is 0 Å². The van der Waals surface area contributed by atoms with E-state index >= 15 is 0 Å². The van der Waals surface area contributed by atoms with Gasteiger partial charge in [-0.05, 0) is 19.1 Å². The third kappa shape index (κ3) is 3.58. The van der Waals surface area contributed by atoms with Crippen LogP contribution in [0.25, 0.3) is 0 Å². The molecule has 96 valence electrons. The van der Waals surface area contributed by atoms with Gasteiger partial charge in [-0.2, -0.15) is 0 Å². The van der Waals surface area contributed by atoms with E-state index in [2.05, 4.69) is 49.6 Å². The van der Waals surface area contributed by atoms with Gasteiger partial charge < -0.3 is 33.8 Å². The van der Waals surface area contributed by atoms with Crippen LogP contribution in [0.5, 0.6) is 0 Å². The molecular weight excluding hydrogens is 323 g/mol. The SMILES string of the molecule is CC[N@+]1(C)CCC[C@@H]1CNc1ccccc1.[I-]. The van der Waals surface area contributed by atoms with Crippen molar-refractivity contribution in [1.29, 1.82) is 0 Å². The monoisotopic (exact) mass is 346 g/mol. The van der Waals surface area contributed by atoms with Gasteiger partial charge in [0.05, 0.1) is 26.7 Å². The highest BCUT2D eigenvalue weighted by Crippen LogP contribution is 2.24. The van der Waals surface area contributed by atoms with Crippen LogP contribution in [0.15, 0.2) is 30.3 Å². The van der Waals surface area contributed by atoms with Crippen molar-refractivity contribution in [2.24, 2.45) is 0 Å². The molecule has 1 aromatic rings. The van der Waals surface area contributed by atoms with Gasteiger partial charge in [-0.15, -0.1) is 0 Å². The molecule has 3 heteroatoms. The largest absolute Gasteiger partial charge is 1.00 e. The van der Waals surface area contributed by atoms with Crippen molar-refractivity contribution in [1.82, 2.24) is 0 Å². The van der Waals surface area contributed by atoms with E-state index in [1.807, 2.05) is 0 Å². The second-order valence-electron chi connectivity index (χ2n) is 5.06. The predicted octanol–water partition coefficient (Wildman–Crippen LogP) is -0.269. The van der Waals surface area contributed by atoms with E-state index in [1.54, 1.807) is 0 Å². The lowest BCUT2D eigenvalue weighted by Crippen LogP contribution is -3.00. The van der Waals surface area contributed by atoms with Gasteiger partial charge in [-0.1, -0.05) is 18.2 Å². The number of likely N-dealkylation sites (N-methyl/N-ethyl adjacent to an activating group) is 1. The molecule has 1 aliphatic heterocycles. The molecule has 0 radical (unpaired) electrons. The molecule has 0 saturated carbocycles. The van der Waals surface area contributed by atoms with Crippen molar-refractivity contribution >= 4 is 5.69 Å². The number of anilines is 1. The molecular formula is C14H23IN2. The van der Waals surface area contributed by atoms with Crippen molar-refractivity contribution in [2.75, 3.05) is 32.0 Å². The van der Waals surface area contributed by atoms with Crippen molar-refractivity contribution in [2.45, 2.75) is 25.8 Å². The summed E-state index contributed by atoms with van der Waals surface area (Å²) in [7, 11) is 2.39. The number of para-hydroxylation sites is 1. The summed E-state index contributed by atoms with van der Waals surface area (Å²) in [4.78, 5) is 0. The number of quaternary nitrogens is 1. The minimum Gasteiger partial charge on any atom is -1.00 e. The summed E-state index contributed by atoms with van der Waals surface area (Å²) in [6, 6.07) is 11.3. The lowest BCUT2D eigenvalue weighted by molar-refractivity contribution is -0.917. The average molecular weight is 346 g/mol. The zero-order valence-corrected chi connectivity index (χ0v) is 13.0. The summed E-state index contributed by atoms with van der Waals surface area (Å²) in [5, 5.41) is 3.56. The fraction of sp³-hybridized carbons (Fsp3) is 0.571. The van der Waals surface area contributed by atoms with Crippen molar-refractivity contribution in [3.05, 3.63) is 30.3 Å². The molecule has 17 heavy (non-hydrogen) atoms. The van der Waals surface area contributed by atoms with E-state index in [4.69, 9.17) is 0 Å². The van der Waals surface area contributed by atoms with Crippen LogP contribution in [-0.2, 0) is 0 Å². The Balaban J connectivity index is 0.00000144. The molecule has 1 aromatic carbocycles. The van der Waals surface area contributed by atoms with E-state index in [-0.39, 0.29) is 24.0 Å². The third-order valence-corrected chi connectivity index (χ3v) is 4.13. The maximum Gasteiger partial charge on any atom is 0.106 e. The molecule has 0 amide bonds. The molecule has 0 aromatic heterocycles. The quantitative estimate of drug-likeness (QED) is 0.585. The highest BCUT2D eigenvalue weighted by Gasteiger charge is 2.35. The fourth-order valence-electron chi connectivity index (χ4n) is 2.71. The minimum atomic E-state index is 0. The van der Waals surface area contributed by atoms with Crippen LogP contribution < -0.4 is 29.3 Å². The normalized spacial score (nSPS) is 27.5. The van der Waals surface area contributed by atoms with Gasteiger partial charge >= 0.3 is 0 Å². The van der Waals surface area contributed by atoms with Crippen molar-refractivity contribution in [3.63, 3.8) is 0 Å². The molecule has 0 spiro atoms. The smallest absolute Gasteiger partial charge is 0.106 e. The summed E-state index contributed by atoms with van der Waals surface area (Å²) in [6.45, 7) is 6.01. The van der Waals surface area contributed by atoms with Gasteiger partial charge in [0.25, 0.3) is 0 Å². The van der Waals surface area contributed by atoms with Crippen molar-refractivity contribution in [3.8, 4) is 0 Å². The second kappa shape index (κ2) is 6.59. The van der Waals surface area contributed by atoms with Crippen LogP contribution in [0.2, 0.25) is 0 Å². The van der Waals surface area contributed by atoms with Crippen LogP contribution in [-0.4, -0.2) is 37.2 Å². The molecule has 1 aliphatic rings. The Kier molecular flexibility index (Phi) is 5.73. The summed E-state index contributed by atoms with van der Waals surface area (Å²) in [6.07, 6.45) is 2.75. The lowest BCUT2D eigenvalue weighted by atomic mass is 10.2. The molecule has 0 bridgehead atoms. The molecule has 1 fully saturated rings. The molecule has 1 saturated heterocycles. The molecule has 1 N–H and O–H groups in total. The standard InChI is InChI=1S/C14H23N2.HI/c1-3-16(2)11-7-10-14(16)12-15-13-8-5-4-6-9-13;/h4-6,8-9,14-15H,3,7,10-12H2,1-2H3;1H/q+1;/p-1/t14-,16-;/m1./s1. The summed E-state index contributed by atoms with van der Waals surface area (Å²) in [5.74, 6) is 0. The Hall–Kier alpha value is -0.290. The van der Waals surface area contributed by atoms with Gasteiger partial charge in [0.15, 0.2) is 0 Å². The summed E-state index contributed by atoms with van der Waals surface area (Å²) < 4.78 is 1.24. The van der Waals surface area contributed by atoms with Gasteiger partial charge in [0.2, 0.25) is 0 Å². The van der Waals surface area contributed by atoms with E-state index in [0.29, 0.717) is 0 Å². The number of likely N-dealkylation sites (tertiary alicyclic amines) is 1. The number of rotatable bonds is 4. The third-order valence-electron chi connectivity index (χ3n) is 4.13. The Labute approximate surface area is 122 Å². The highest BCUT2D eigenvalue weighted by atomic mass is 127. The Morgan fingerprint density at radius 2 is 2.00 bits per heavy atom. The molecule has 0 unspecified atom stereocenters. The molecule has 1 heterocycles. The van der Waals surface area contributed by atoms with Gasteiger partial charge in [-0.25, -0.2) is 0 Å². The highest BCUT2D eigenvalue weighted by molar-refractivity contribution is 5.42. The van der Waals surface area contributed by atoms with Crippen LogP contribution in [0.1, 0.15) is 19.8 Å². The predicted molar refractivity (Wildman–Crippen MR) is 69.5 cm³/mol. The number of hydrogen-bond donors (Lipinski definition) is 1. The summed E-state index contributed by atoms with van der Waals surface area (Å²) in [5.41, 5.74) is 1.25. The Morgan fingerprint density at radius 3 is 2.65 bits per heavy atom. The Morgan fingerprint density at radius 1 is 1.29 bits per heavy atom. The first-order valence-corrected chi connectivity index (χ1v) is 6.38. The second-order valence-corrected chi connectivity index (χ2v) is 5.06. The first-order valence-electron chi connectivity index (χ1n) is 6.38.